The maximum absolute atomic E-state index is 9.86. The molecule has 0 fully saturated rings. The summed E-state index contributed by atoms with van der Waals surface area (Å²) in [7, 11) is 0. The summed E-state index contributed by atoms with van der Waals surface area (Å²) in [4.78, 5) is 0. The largest absolute Gasteiger partial charge is 0.389 e. The van der Waals surface area contributed by atoms with E-state index in [0.29, 0.717) is 12.5 Å². The van der Waals surface area contributed by atoms with Gasteiger partial charge in [0.25, 0.3) is 0 Å². The van der Waals surface area contributed by atoms with Crippen molar-refractivity contribution in [2.75, 3.05) is 13.1 Å². The molecule has 0 heterocycles. The molecule has 1 aromatic rings. The molecule has 2 unspecified atom stereocenters. The molecular formula is C13H21NO2. The van der Waals surface area contributed by atoms with Crippen molar-refractivity contribution in [2.24, 2.45) is 5.92 Å². The Morgan fingerprint density at radius 3 is 2.25 bits per heavy atom. The molecule has 0 spiro atoms. The van der Waals surface area contributed by atoms with Gasteiger partial charge in [-0.2, -0.15) is 0 Å². The van der Waals surface area contributed by atoms with Crippen molar-refractivity contribution in [2.45, 2.75) is 26.1 Å². The molecule has 0 aliphatic heterocycles. The van der Waals surface area contributed by atoms with Crippen LogP contribution in [0, 0.1) is 5.92 Å². The monoisotopic (exact) mass is 223 g/mol. The lowest BCUT2D eigenvalue weighted by Gasteiger charge is -2.19. The minimum Gasteiger partial charge on any atom is -0.389 e. The molecule has 3 nitrogen and oxygen atoms in total. The summed E-state index contributed by atoms with van der Waals surface area (Å²) in [6.07, 6.45) is -1.58. The van der Waals surface area contributed by atoms with Gasteiger partial charge in [0.2, 0.25) is 0 Å². The summed E-state index contributed by atoms with van der Waals surface area (Å²) in [5.41, 5.74) is 0.751. The average Bonchev–Trinajstić information content (AvgIpc) is 2.28. The average molecular weight is 223 g/mol. The molecule has 16 heavy (non-hydrogen) atoms. The first kappa shape index (κ1) is 13.2. The summed E-state index contributed by atoms with van der Waals surface area (Å²) in [6, 6.07) is 9.23. The molecule has 0 bridgehead atoms. The molecular weight excluding hydrogens is 202 g/mol. The number of rotatable bonds is 6. The lowest BCUT2D eigenvalue weighted by atomic mass is 10.0. The van der Waals surface area contributed by atoms with Gasteiger partial charge < -0.3 is 15.5 Å². The molecule has 0 aliphatic carbocycles. The predicted molar refractivity (Wildman–Crippen MR) is 65.1 cm³/mol. The molecule has 1 rings (SSSR count). The van der Waals surface area contributed by atoms with Crippen LogP contribution < -0.4 is 5.32 Å². The molecule has 1 aromatic carbocycles. The van der Waals surface area contributed by atoms with E-state index in [-0.39, 0.29) is 0 Å². The highest BCUT2D eigenvalue weighted by atomic mass is 16.3. The zero-order valence-electron chi connectivity index (χ0n) is 9.93. The number of aliphatic hydroxyl groups is 2. The van der Waals surface area contributed by atoms with Crippen molar-refractivity contribution in [1.29, 1.82) is 0 Å². The molecule has 90 valence electrons. The Morgan fingerprint density at radius 2 is 1.69 bits per heavy atom. The smallest absolute Gasteiger partial charge is 0.106 e. The van der Waals surface area contributed by atoms with Crippen LogP contribution in [0.5, 0.6) is 0 Å². The number of aliphatic hydroxyl groups excluding tert-OH is 2. The lowest BCUT2D eigenvalue weighted by Crippen LogP contribution is -2.33. The van der Waals surface area contributed by atoms with Crippen molar-refractivity contribution in [3.63, 3.8) is 0 Å². The number of hydrogen-bond donors (Lipinski definition) is 3. The van der Waals surface area contributed by atoms with E-state index in [1.807, 2.05) is 30.3 Å². The number of benzene rings is 1. The van der Waals surface area contributed by atoms with Gasteiger partial charge in [-0.05, 0) is 18.0 Å². The normalized spacial score (nSPS) is 15.1. The Hall–Kier alpha value is -0.900. The zero-order valence-corrected chi connectivity index (χ0v) is 9.93. The molecule has 3 N–H and O–H groups in total. The van der Waals surface area contributed by atoms with Crippen molar-refractivity contribution in [3.05, 3.63) is 35.9 Å². The number of hydrogen-bond acceptors (Lipinski definition) is 3. The fourth-order valence-electron chi connectivity index (χ4n) is 1.50. The van der Waals surface area contributed by atoms with Crippen molar-refractivity contribution < 1.29 is 10.2 Å². The summed E-state index contributed by atoms with van der Waals surface area (Å²) in [6.45, 7) is 5.47. The standard InChI is InChI=1S/C13H21NO2/c1-10(2)8-14-9-12(15)13(16)11-6-4-3-5-7-11/h3-7,10,12-16H,8-9H2,1-2H3. The Bertz CT molecular complexity index is 287. The molecule has 0 saturated carbocycles. The fraction of sp³-hybridized carbons (Fsp3) is 0.538. The molecule has 0 aromatic heterocycles. The van der Waals surface area contributed by atoms with Crippen LogP contribution in [0.4, 0.5) is 0 Å². The summed E-state index contributed by atoms with van der Waals surface area (Å²) < 4.78 is 0. The van der Waals surface area contributed by atoms with E-state index in [1.54, 1.807) is 0 Å². The van der Waals surface area contributed by atoms with Crippen LogP contribution in [0.2, 0.25) is 0 Å². The van der Waals surface area contributed by atoms with Crippen LogP contribution in [-0.2, 0) is 0 Å². The van der Waals surface area contributed by atoms with Crippen LogP contribution in [-0.4, -0.2) is 29.4 Å². The van der Waals surface area contributed by atoms with E-state index in [4.69, 9.17) is 0 Å². The van der Waals surface area contributed by atoms with E-state index in [9.17, 15) is 10.2 Å². The maximum Gasteiger partial charge on any atom is 0.106 e. The van der Waals surface area contributed by atoms with Gasteiger partial charge in [-0.1, -0.05) is 44.2 Å². The van der Waals surface area contributed by atoms with Gasteiger partial charge in [-0.25, -0.2) is 0 Å². The van der Waals surface area contributed by atoms with Crippen molar-refractivity contribution >= 4 is 0 Å². The van der Waals surface area contributed by atoms with Crippen LogP contribution in [0.3, 0.4) is 0 Å². The summed E-state index contributed by atoms with van der Waals surface area (Å²) in [5, 5.41) is 22.8. The molecule has 2 atom stereocenters. The highest BCUT2D eigenvalue weighted by molar-refractivity contribution is 5.18. The highest BCUT2D eigenvalue weighted by Crippen LogP contribution is 2.15. The van der Waals surface area contributed by atoms with Gasteiger partial charge in [0.15, 0.2) is 0 Å². The first-order valence-corrected chi connectivity index (χ1v) is 5.73. The Morgan fingerprint density at radius 1 is 1.06 bits per heavy atom. The topological polar surface area (TPSA) is 52.5 Å². The predicted octanol–water partition coefficient (Wildman–Crippen LogP) is 1.33. The Kier molecular flexibility index (Phi) is 5.46. The Balaban J connectivity index is 2.39. The van der Waals surface area contributed by atoms with Crippen molar-refractivity contribution in [3.8, 4) is 0 Å². The van der Waals surface area contributed by atoms with Gasteiger partial charge >= 0.3 is 0 Å². The fourth-order valence-corrected chi connectivity index (χ4v) is 1.50. The third-order valence-electron chi connectivity index (χ3n) is 2.41. The van der Waals surface area contributed by atoms with E-state index in [2.05, 4.69) is 19.2 Å². The van der Waals surface area contributed by atoms with Crippen LogP contribution in [0.15, 0.2) is 30.3 Å². The SMILES string of the molecule is CC(C)CNCC(O)C(O)c1ccccc1. The first-order chi connectivity index (χ1) is 7.61. The maximum atomic E-state index is 9.86. The van der Waals surface area contributed by atoms with Gasteiger partial charge in [0.1, 0.15) is 6.10 Å². The van der Waals surface area contributed by atoms with Crippen LogP contribution in [0.25, 0.3) is 0 Å². The zero-order chi connectivity index (χ0) is 12.0. The minimum atomic E-state index is -0.819. The quantitative estimate of drug-likeness (QED) is 0.682. The molecule has 0 amide bonds. The second-order valence-corrected chi connectivity index (χ2v) is 4.47. The second-order valence-electron chi connectivity index (χ2n) is 4.47. The van der Waals surface area contributed by atoms with E-state index < -0.39 is 12.2 Å². The van der Waals surface area contributed by atoms with Gasteiger partial charge in [-0.15, -0.1) is 0 Å². The van der Waals surface area contributed by atoms with Crippen LogP contribution >= 0.6 is 0 Å². The van der Waals surface area contributed by atoms with E-state index >= 15 is 0 Å². The van der Waals surface area contributed by atoms with Gasteiger partial charge in [0, 0.05) is 6.54 Å². The van der Waals surface area contributed by atoms with E-state index in [0.717, 1.165) is 12.1 Å². The van der Waals surface area contributed by atoms with Gasteiger partial charge in [0.05, 0.1) is 6.10 Å². The van der Waals surface area contributed by atoms with Gasteiger partial charge in [-0.3, -0.25) is 0 Å². The highest BCUT2D eigenvalue weighted by Gasteiger charge is 2.17. The molecule has 0 aliphatic rings. The Labute approximate surface area is 97.1 Å². The molecule has 0 radical (unpaired) electrons. The third kappa shape index (κ3) is 4.31. The van der Waals surface area contributed by atoms with Crippen LogP contribution in [0.1, 0.15) is 25.5 Å². The van der Waals surface area contributed by atoms with Crippen molar-refractivity contribution in [1.82, 2.24) is 5.32 Å². The molecule has 0 saturated heterocycles. The molecule has 3 heteroatoms. The second kappa shape index (κ2) is 6.63. The van der Waals surface area contributed by atoms with E-state index in [1.165, 1.54) is 0 Å². The number of nitrogens with one attached hydrogen (secondary N) is 1. The third-order valence-corrected chi connectivity index (χ3v) is 2.41. The summed E-state index contributed by atoms with van der Waals surface area (Å²) in [5.74, 6) is 0.543. The summed E-state index contributed by atoms with van der Waals surface area (Å²) >= 11 is 0. The first-order valence-electron chi connectivity index (χ1n) is 5.73. The lowest BCUT2D eigenvalue weighted by molar-refractivity contribution is 0.0188. The minimum absolute atomic E-state index is 0.411.